The summed E-state index contributed by atoms with van der Waals surface area (Å²) in [6.07, 6.45) is 0. The van der Waals surface area contributed by atoms with Gasteiger partial charge in [0.2, 0.25) is 0 Å². The molecule has 3 aromatic rings. The van der Waals surface area contributed by atoms with Gasteiger partial charge >= 0.3 is 0 Å². The van der Waals surface area contributed by atoms with Crippen LogP contribution >= 0.6 is 49.9 Å². The van der Waals surface area contributed by atoms with Crippen molar-refractivity contribution in [3.8, 4) is 19.5 Å². The summed E-state index contributed by atoms with van der Waals surface area (Å²) in [5.41, 5.74) is 0.529. The Labute approximate surface area is 147 Å². The number of halogens is 1. The Hall–Kier alpha value is -1.28. The summed E-state index contributed by atoms with van der Waals surface area (Å²) in [7, 11) is 1.52. The third kappa shape index (κ3) is 2.11. The molecule has 0 bridgehead atoms. The summed E-state index contributed by atoms with van der Waals surface area (Å²) in [6, 6.07) is 10.1. The number of carbonyl (C=O) groups excluding carboxylic acids is 2. The van der Waals surface area contributed by atoms with E-state index < -0.39 is 0 Å². The van der Waals surface area contributed by atoms with Crippen LogP contribution in [0.1, 0.15) is 20.0 Å². The molecule has 0 saturated heterocycles. The highest BCUT2D eigenvalue weighted by Crippen LogP contribution is 2.43. The van der Waals surface area contributed by atoms with Gasteiger partial charge in [0.1, 0.15) is 4.88 Å². The molecule has 0 aliphatic carbocycles. The molecule has 0 atom stereocenters. The summed E-state index contributed by atoms with van der Waals surface area (Å²) in [6.45, 7) is 0. The lowest BCUT2D eigenvalue weighted by molar-refractivity contribution is 0.0694. The molecule has 0 aromatic carbocycles. The highest BCUT2D eigenvalue weighted by molar-refractivity contribution is 9.11. The molecule has 4 rings (SSSR count). The molecule has 1 aliphatic heterocycles. The van der Waals surface area contributed by atoms with Crippen molar-refractivity contribution in [3.05, 3.63) is 44.6 Å². The van der Waals surface area contributed by atoms with Crippen LogP contribution in [0, 0.1) is 0 Å². The molecule has 110 valence electrons. The van der Waals surface area contributed by atoms with E-state index in [0.29, 0.717) is 10.4 Å². The minimum absolute atomic E-state index is 0.199. The van der Waals surface area contributed by atoms with Crippen molar-refractivity contribution in [2.24, 2.45) is 0 Å². The van der Waals surface area contributed by atoms with Gasteiger partial charge in [-0.1, -0.05) is 0 Å². The van der Waals surface area contributed by atoms with Crippen LogP contribution < -0.4 is 0 Å². The number of thiophene rings is 3. The van der Waals surface area contributed by atoms with Crippen LogP contribution in [-0.4, -0.2) is 23.8 Å². The van der Waals surface area contributed by atoms with Crippen molar-refractivity contribution in [2.45, 2.75) is 0 Å². The molecule has 7 heteroatoms. The fourth-order valence-corrected chi connectivity index (χ4v) is 5.99. The van der Waals surface area contributed by atoms with Crippen LogP contribution in [0.2, 0.25) is 0 Å². The van der Waals surface area contributed by atoms with Crippen LogP contribution in [-0.2, 0) is 0 Å². The van der Waals surface area contributed by atoms with E-state index in [-0.39, 0.29) is 11.8 Å². The first-order valence-corrected chi connectivity index (χ1v) is 9.61. The molecule has 22 heavy (non-hydrogen) atoms. The van der Waals surface area contributed by atoms with E-state index in [1.54, 1.807) is 22.7 Å². The zero-order chi connectivity index (χ0) is 15.4. The largest absolute Gasteiger partial charge is 0.277 e. The Bertz CT molecular complexity index is 888. The van der Waals surface area contributed by atoms with Gasteiger partial charge in [-0.3, -0.25) is 14.5 Å². The molecular weight excluding hydrogens is 402 g/mol. The minimum atomic E-state index is -0.207. The topological polar surface area (TPSA) is 37.4 Å². The predicted molar refractivity (Wildman–Crippen MR) is 95.1 cm³/mol. The molecule has 3 nitrogen and oxygen atoms in total. The van der Waals surface area contributed by atoms with Crippen molar-refractivity contribution < 1.29 is 9.59 Å². The number of fused-ring (bicyclic) bond motifs is 1. The van der Waals surface area contributed by atoms with Crippen LogP contribution in [0.4, 0.5) is 0 Å². The second kappa shape index (κ2) is 5.13. The molecule has 0 fully saturated rings. The Kier molecular flexibility index (Phi) is 3.34. The summed E-state index contributed by atoms with van der Waals surface area (Å²) in [4.78, 5) is 30.2. The maximum Gasteiger partial charge on any atom is 0.271 e. The van der Waals surface area contributed by atoms with E-state index in [9.17, 15) is 9.59 Å². The molecule has 0 N–H and O–H groups in total. The number of hydrogen-bond acceptors (Lipinski definition) is 5. The Morgan fingerprint density at radius 2 is 1.50 bits per heavy atom. The number of amides is 2. The van der Waals surface area contributed by atoms with Gasteiger partial charge in [-0.05, 0) is 46.3 Å². The van der Waals surface area contributed by atoms with E-state index in [2.05, 4.69) is 28.1 Å². The van der Waals surface area contributed by atoms with Gasteiger partial charge in [0.25, 0.3) is 11.8 Å². The quantitative estimate of drug-likeness (QED) is 0.545. The highest BCUT2D eigenvalue weighted by Gasteiger charge is 2.35. The Morgan fingerprint density at radius 1 is 0.864 bits per heavy atom. The lowest BCUT2D eigenvalue weighted by Crippen LogP contribution is -2.24. The predicted octanol–water partition coefficient (Wildman–Crippen LogP) is 5.19. The zero-order valence-corrected chi connectivity index (χ0v) is 15.3. The lowest BCUT2D eigenvalue weighted by Gasteiger charge is -2.04. The number of imide groups is 1. The molecule has 0 saturated carbocycles. The molecule has 2 amide bonds. The summed E-state index contributed by atoms with van der Waals surface area (Å²) in [5.74, 6) is -0.406. The molecule has 0 spiro atoms. The zero-order valence-electron chi connectivity index (χ0n) is 11.3. The van der Waals surface area contributed by atoms with Crippen molar-refractivity contribution in [3.63, 3.8) is 0 Å². The van der Waals surface area contributed by atoms with Crippen molar-refractivity contribution >= 4 is 61.8 Å². The first-order chi connectivity index (χ1) is 10.5. The van der Waals surface area contributed by atoms with E-state index in [1.165, 1.54) is 33.0 Å². The van der Waals surface area contributed by atoms with Gasteiger partial charge in [-0.25, -0.2) is 0 Å². The standard InChI is InChI=1S/C15H8BrNO2S3/c1-17-14(18)7-6-11(22-13(7)15(17)19)10-3-2-8(20-10)9-4-5-12(16)21-9/h2-6H,1H3. The van der Waals surface area contributed by atoms with Crippen LogP contribution in [0.5, 0.6) is 0 Å². The van der Waals surface area contributed by atoms with Crippen molar-refractivity contribution in [1.29, 1.82) is 0 Å². The second-order valence-electron chi connectivity index (χ2n) is 4.79. The number of hydrogen-bond donors (Lipinski definition) is 0. The van der Waals surface area contributed by atoms with Crippen LogP contribution in [0.15, 0.2) is 34.1 Å². The number of rotatable bonds is 2. The maximum atomic E-state index is 12.0. The van der Waals surface area contributed by atoms with Crippen LogP contribution in [0.25, 0.3) is 19.5 Å². The van der Waals surface area contributed by atoms with E-state index in [1.807, 2.05) is 18.2 Å². The molecule has 0 unspecified atom stereocenters. The van der Waals surface area contributed by atoms with Gasteiger partial charge in [-0.15, -0.1) is 34.0 Å². The van der Waals surface area contributed by atoms with Crippen molar-refractivity contribution in [2.75, 3.05) is 7.05 Å². The Balaban J connectivity index is 1.73. The molecule has 0 radical (unpaired) electrons. The SMILES string of the molecule is CN1C(=O)c2cc(-c3ccc(-c4ccc(Br)s4)s3)sc2C1=O. The first kappa shape index (κ1) is 14.3. The van der Waals surface area contributed by atoms with Gasteiger partial charge in [-0.2, -0.15) is 0 Å². The summed E-state index contributed by atoms with van der Waals surface area (Å²) in [5, 5.41) is 0. The molecule has 3 aromatic heterocycles. The molecule has 1 aliphatic rings. The fourth-order valence-electron chi connectivity index (χ4n) is 2.30. The lowest BCUT2D eigenvalue weighted by atomic mass is 10.2. The summed E-state index contributed by atoms with van der Waals surface area (Å²) >= 11 is 8.24. The minimum Gasteiger partial charge on any atom is -0.277 e. The number of nitrogens with zero attached hydrogens (tertiary/aromatic N) is 1. The molecule has 4 heterocycles. The second-order valence-corrected chi connectivity index (χ2v) is 9.39. The first-order valence-electron chi connectivity index (χ1n) is 6.37. The van der Waals surface area contributed by atoms with Gasteiger partial charge < -0.3 is 0 Å². The highest BCUT2D eigenvalue weighted by atomic mass is 79.9. The Morgan fingerprint density at radius 3 is 2.14 bits per heavy atom. The van der Waals surface area contributed by atoms with E-state index in [4.69, 9.17) is 0 Å². The van der Waals surface area contributed by atoms with Gasteiger partial charge in [0.15, 0.2) is 0 Å². The average Bonchev–Trinajstić information content (AvgIpc) is 3.24. The van der Waals surface area contributed by atoms with E-state index in [0.717, 1.165) is 13.5 Å². The third-order valence-electron chi connectivity index (χ3n) is 3.43. The average molecular weight is 410 g/mol. The van der Waals surface area contributed by atoms with E-state index >= 15 is 0 Å². The monoisotopic (exact) mass is 409 g/mol. The third-order valence-corrected chi connectivity index (χ3v) is 7.65. The number of carbonyl (C=O) groups is 2. The van der Waals surface area contributed by atoms with Gasteiger partial charge in [0.05, 0.1) is 9.35 Å². The summed E-state index contributed by atoms with van der Waals surface area (Å²) < 4.78 is 1.10. The van der Waals surface area contributed by atoms with Crippen molar-refractivity contribution in [1.82, 2.24) is 4.90 Å². The van der Waals surface area contributed by atoms with Gasteiger partial charge in [0, 0.05) is 26.6 Å². The normalized spacial score (nSPS) is 14.0. The smallest absolute Gasteiger partial charge is 0.271 e. The molecular formula is C15H8BrNO2S3. The maximum absolute atomic E-state index is 12.0. The van der Waals surface area contributed by atoms with Crippen LogP contribution in [0.3, 0.4) is 0 Å². The fraction of sp³-hybridized carbons (Fsp3) is 0.0667.